The molecule has 0 fully saturated rings. The van der Waals surface area contributed by atoms with Crippen molar-refractivity contribution in [3.8, 4) is 0 Å². The zero-order valence-corrected chi connectivity index (χ0v) is 23.4. The predicted octanol–water partition coefficient (Wildman–Crippen LogP) is 9.49. The van der Waals surface area contributed by atoms with Gasteiger partial charge in [0.2, 0.25) is 0 Å². The first-order chi connectivity index (χ1) is 15.8. The Morgan fingerprint density at radius 1 is 0.636 bits per heavy atom. The predicted molar refractivity (Wildman–Crippen MR) is 145 cm³/mol. The summed E-state index contributed by atoms with van der Waals surface area (Å²) in [5.41, 5.74) is 0. The van der Waals surface area contributed by atoms with Crippen LogP contribution in [0.15, 0.2) is 0 Å². The molecule has 2 N–H and O–H groups in total. The minimum Gasteiger partial charge on any atom is -0.481 e. The zero-order chi connectivity index (χ0) is 25.4. The Bertz CT molecular complexity index is 441. The maximum absolute atomic E-state index is 11.6. The molecule has 0 rings (SSSR count). The number of thioether (sulfide) groups is 1. The molecular formula is C28H56O4S. The number of carbonyl (C=O) groups is 2. The van der Waals surface area contributed by atoms with E-state index in [1.807, 2.05) is 6.92 Å². The van der Waals surface area contributed by atoms with E-state index >= 15 is 0 Å². The number of carboxylic acids is 2. The molecule has 0 saturated carbocycles. The third kappa shape index (κ3) is 22.8. The number of rotatable bonds is 22. The normalized spacial score (nSPS) is 12.2. The highest BCUT2D eigenvalue weighted by atomic mass is 32.2. The average molecular weight is 489 g/mol. The molecule has 0 aromatic heterocycles. The number of hydrogen-bond donors (Lipinski definition) is 2. The SMILES string of the molecule is CCC(=O)O.CCCCCCCCCC(CCCCCC)(CCCCCC)SC(C)C(=O)O. The van der Waals surface area contributed by atoms with Gasteiger partial charge in [0, 0.05) is 11.2 Å². The Kier molecular flexibility index (Phi) is 25.5. The van der Waals surface area contributed by atoms with Gasteiger partial charge in [-0.1, -0.05) is 124 Å². The third-order valence-electron chi connectivity index (χ3n) is 6.28. The fourth-order valence-corrected chi connectivity index (χ4v) is 5.77. The molecule has 0 aromatic carbocycles. The summed E-state index contributed by atoms with van der Waals surface area (Å²) in [6.45, 7) is 10.3. The lowest BCUT2D eigenvalue weighted by Gasteiger charge is -2.35. The molecule has 198 valence electrons. The standard InChI is InChI=1S/C25H50O2S.C3H6O2/c1-5-8-11-14-15-16-19-22-25(20-17-12-9-6-2,21-18-13-10-7-3)28-23(4)24(26)27;1-2-3(4)5/h23H,5-22H2,1-4H3,(H,26,27);2H2,1H3,(H,4,5). The van der Waals surface area contributed by atoms with Gasteiger partial charge in [0.1, 0.15) is 0 Å². The fourth-order valence-electron chi connectivity index (χ4n) is 4.13. The molecule has 0 radical (unpaired) electrons. The van der Waals surface area contributed by atoms with Gasteiger partial charge in [0.25, 0.3) is 0 Å². The Balaban J connectivity index is 0. The molecule has 0 saturated heterocycles. The molecule has 0 amide bonds. The van der Waals surface area contributed by atoms with Crippen molar-refractivity contribution < 1.29 is 19.8 Å². The first kappa shape index (κ1) is 34.5. The lowest BCUT2D eigenvalue weighted by atomic mass is 9.88. The van der Waals surface area contributed by atoms with Crippen molar-refractivity contribution in [2.24, 2.45) is 0 Å². The Labute approximate surface area is 210 Å². The molecule has 4 nitrogen and oxygen atoms in total. The summed E-state index contributed by atoms with van der Waals surface area (Å²) in [5, 5.41) is 17.0. The largest absolute Gasteiger partial charge is 0.481 e. The number of aliphatic carboxylic acids is 2. The van der Waals surface area contributed by atoms with Gasteiger partial charge in [-0.05, 0) is 26.2 Å². The van der Waals surface area contributed by atoms with Crippen molar-refractivity contribution in [3.05, 3.63) is 0 Å². The van der Waals surface area contributed by atoms with Crippen LogP contribution < -0.4 is 0 Å². The summed E-state index contributed by atoms with van der Waals surface area (Å²) in [6.07, 6.45) is 23.5. The van der Waals surface area contributed by atoms with Crippen molar-refractivity contribution in [3.63, 3.8) is 0 Å². The highest BCUT2D eigenvalue weighted by molar-refractivity contribution is 8.01. The van der Waals surface area contributed by atoms with Crippen molar-refractivity contribution in [1.29, 1.82) is 0 Å². The monoisotopic (exact) mass is 488 g/mol. The Morgan fingerprint density at radius 2 is 0.939 bits per heavy atom. The van der Waals surface area contributed by atoms with Crippen LogP contribution in [0.3, 0.4) is 0 Å². The summed E-state index contributed by atoms with van der Waals surface area (Å²) >= 11 is 1.79. The van der Waals surface area contributed by atoms with Gasteiger partial charge in [-0.2, -0.15) is 0 Å². The minimum atomic E-state index is -0.745. The maximum Gasteiger partial charge on any atom is 0.316 e. The van der Waals surface area contributed by atoms with Gasteiger partial charge in [0.05, 0.1) is 5.25 Å². The minimum absolute atomic E-state index is 0.183. The lowest BCUT2D eigenvalue weighted by Crippen LogP contribution is -2.30. The highest BCUT2D eigenvalue weighted by Crippen LogP contribution is 2.43. The van der Waals surface area contributed by atoms with Crippen LogP contribution in [0, 0.1) is 0 Å². The second kappa shape index (κ2) is 24.4. The maximum atomic E-state index is 11.6. The molecule has 0 heterocycles. The van der Waals surface area contributed by atoms with Crippen LogP contribution in [0.25, 0.3) is 0 Å². The van der Waals surface area contributed by atoms with E-state index in [4.69, 9.17) is 5.11 Å². The van der Waals surface area contributed by atoms with Crippen LogP contribution in [0.1, 0.15) is 157 Å². The van der Waals surface area contributed by atoms with Crippen LogP contribution in [-0.2, 0) is 9.59 Å². The molecule has 0 aromatic rings. The molecule has 0 aliphatic heterocycles. The molecule has 0 aliphatic rings. The van der Waals surface area contributed by atoms with E-state index in [1.165, 1.54) is 116 Å². The molecule has 1 atom stereocenters. The van der Waals surface area contributed by atoms with Crippen LogP contribution >= 0.6 is 11.8 Å². The van der Waals surface area contributed by atoms with E-state index in [1.54, 1.807) is 18.7 Å². The van der Waals surface area contributed by atoms with Crippen molar-refractivity contribution >= 4 is 23.7 Å². The van der Waals surface area contributed by atoms with E-state index in [-0.39, 0.29) is 16.4 Å². The van der Waals surface area contributed by atoms with E-state index in [0.717, 1.165) is 0 Å². The van der Waals surface area contributed by atoms with Crippen molar-refractivity contribution in [1.82, 2.24) is 0 Å². The topological polar surface area (TPSA) is 74.6 Å². The van der Waals surface area contributed by atoms with Gasteiger partial charge in [-0.15, -0.1) is 11.8 Å². The quantitative estimate of drug-likeness (QED) is 0.148. The second-order valence-electron chi connectivity index (χ2n) is 9.52. The highest BCUT2D eigenvalue weighted by Gasteiger charge is 2.33. The van der Waals surface area contributed by atoms with Gasteiger partial charge >= 0.3 is 11.9 Å². The fraction of sp³-hybridized carbons (Fsp3) is 0.929. The van der Waals surface area contributed by atoms with Gasteiger partial charge < -0.3 is 10.2 Å². The molecular weight excluding hydrogens is 432 g/mol. The summed E-state index contributed by atoms with van der Waals surface area (Å²) in [7, 11) is 0. The smallest absolute Gasteiger partial charge is 0.316 e. The second-order valence-corrected chi connectivity index (χ2v) is 11.3. The summed E-state index contributed by atoms with van der Waals surface area (Å²) in [6, 6.07) is 0. The molecule has 5 heteroatoms. The van der Waals surface area contributed by atoms with E-state index in [9.17, 15) is 14.7 Å². The van der Waals surface area contributed by atoms with Gasteiger partial charge in [-0.3, -0.25) is 9.59 Å². The van der Waals surface area contributed by atoms with Crippen LogP contribution in [0.5, 0.6) is 0 Å². The number of carboxylic acid groups (broad SMARTS) is 2. The van der Waals surface area contributed by atoms with Crippen LogP contribution in [0.2, 0.25) is 0 Å². The molecule has 33 heavy (non-hydrogen) atoms. The first-order valence-corrected chi connectivity index (χ1v) is 14.8. The van der Waals surface area contributed by atoms with E-state index in [2.05, 4.69) is 20.8 Å². The van der Waals surface area contributed by atoms with Gasteiger partial charge in [-0.25, -0.2) is 0 Å². The molecule has 0 bridgehead atoms. The molecule has 0 spiro atoms. The summed E-state index contributed by atoms with van der Waals surface area (Å²) < 4.78 is 0.183. The van der Waals surface area contributed by atoms with Crippen LogP contribution in [-0.4, -0.2) is 32.1 Å². The zero-order valence-electron chi connectivity index (χ0n) is 22.6. The first-order valence-electron chi connectivity index (χ1n) is 13.9. The Hall–Kier alpha value is -0.710. The van der Waals surface area contributed by atoms with Gasteiger partial charge in [0.15, 0.2) is 0 Å². The van der Waals surface area contributed by atoms with Crippen molar-refractivity contribution in [2.45, 2.75) is 167 Å². The molecule has 0 aliphatic carbocycles. The average Bonchev–Trinajstić information content (AvgIpc) is 2.79. The molecule has 1 unspecified atom stereocenters. The van der Waals surface area contributed by atoms with Crippen LogP contribution in [0.4, 0.5) is 0 Å². The van der Waals surface area contributed by atoms with Crippen molar-refractivity contribution in [2.75, 3.05) is 0 Å². The lowest BCUT2D eigenvalue weighted by molar-refractivity contribution is -0.137. The van der Waals surface area contributed by atoms with E-state index in [0.29, 0.717) is 0 Å². The number of hydrogen-bond acceptors (Lipinski definition) is 3. The third-order valence-corrected chi connectivity index (χ3v) is 7.95. The van der Waals surface area contributed by atoms with E-state index < -0.39 is 11.9 Å². The summed E-state index contributed by atoms with van der Waals surface area (Å²) in [5.74, 6) is -1.39. The Morgan fingerprint density at radius 3 is 1.24 bits per heavy atom. The summed E-state index contributed by atoms with van der Waals surface area (Å²) in [4.78, 5) is 21.0. The number of unbranched alkanes of at least 4 members (excludes halogenated alkanes) is 12.